The van der Waals surface area contributed by atoms with Crippen LogP contribution in [-0.2, 0) is 13.0 Å². The fourth-order valence-electron chi connectivity index (χ4n) is 3.90. The number of nitrogens with zero attached hydrogens (tertiary/aromatic N) is 1. The molecule has 0 bridgehead atoms. The first kappa shape index (κ1) is 13.9. The van der Waals surface area contributed by atoms with Crippen LogP contribution in [0.4, 0.5) is 0 Å². The minimum atomic E-state index is 0.941. The molecule has 1 aliphatic heterocycles. The summed E-state index contributed by atoms with van der Waals surface area (Å²) in [5.41, 5.74) is 6.16. The Hall–Kier alpha value is -2.52. The molecule has 0 fully saturated rings. The third-order valence-corrected chi connectivity index (χ3v) is 5.22. The maximum atomic E-state index is 6.15. The molecule has 2 aromatic heterocycles. The van der Waals surface area contributed by atoms with Gasteiger partial charge in [0.25, 0.3) is 0 Å². The van der Waals surface area contributed by atoms with Crippen LogP contribution in [0.15, 0.2) is 52.9 Å². The van der Waals surface area contributed by atoms with Crippen molar-refractivity contribution >= 4 is 21.9 Å². The van der Waals surface area contributed by atoms with E-state index in [1.807, 2.05) is 6.07 Å². The van der Waals surface area contributed by atoms with Crippen molar-refractivity contribution in [1.82, 2.24) is 9.88 Å². The molecule has 5 rings (SSSR count). The third kappa shape index (κ3) is 2.01. The van der Waals surface area contributed by atoms with Crippen molar-refractivity contribution in [1.29, 1.82) is 0 Å². The predicted octanol–water partition coefficient (Wildman–Crippen LogP) is 4.96. The van der Waals surface area contributed by atoms with Gasteiger partial charge < -0.3 is 9.40 Å². The Labute approximate surface area is 140 Å². The van der Waals surface area contributed by atoms with Crippen molar-refractivity contribution in [3.05, 3.63) is 59.8 Å². The summed E-state index contributed by atoms with van der Waals surface area (Å²) >= 11 is 0. The lowest BCUT2D eigenvalue weighted by atomic mass is 10.0. The lowest BCUT2D eigenvalue weighted by molar-refractivity contribution is 0.268. The monoisotopic (exact) mass is 316 g/mol. The smallest absolute Gasteiger partial charge is 0.135 e. The van der Waals surface area contributed by atoms with E-state index in [-0.39, 0.29) is 0 Å². The number of hydrogen-bond donors (Lipinski definition) is 1. The highest BCUT2D eigenvalue weighted by atomic mass is 16.3. The summed E-state index contributed by atoms with van der Waals surface area (Å²) in [5.74, 6) is 0.941. The average molecular weight is 316 g/mol. The molecule has 24 heavy (non-hydrogen) atoms. The number of hydrogen-bond acceptors (Lipinski definition) is 2. The van der Waals surface area contributed by atoms with E-state index in [1.165, 1.54) is 27.5 Å². The Morgan fingerprint density at radius 2 is 2.00 bits per heavy atom. The number of nitrogens with one attached hydrogen (secondary N) is 1. The van der Waals surface area contributed by atoms with Crippen LogP contribution < -0.4 is 0 Å². The highest BCUT2D eigenvalue weighted by Gasteiger charge is 2.22. The first-order valence-electron chi connectivity index (χ1n) is 8.67. The molecule has 0 saturated heterocycles. The van der Waals surface area contributed by atoms with Crippen molar-refractivity contribution < 1.29 is 4.42 Å². The molecule has 0 amide bonds. The minimum absolute atomic E-state index is 0.941. The SMILES string of the molecule is CCN1CCc2[nH]c3ccc4oc(-c5ccccc5)cc4c3c2C1. The maximum absolute atomic E-state index is 6.15. The summed E-state index contributed by atoms with van der Waals surface area (Å²) in [4.78, 5) is 6.14. The highest BCUT2D eigenvalue weighted by molar-refractivity contribution is 6.08. The van der Waals surface area contributed by atoms with Gasteiger partial charge in [-0.05, 0) is 30.3 Å². The van der Waals surface area contributed by atoms with E-state index in [0.717, 1.165) is 43.0 Å². The van der Waals surface area contributed by atoms with Crippen LogP contribution in [0.3, 0.4) is 0 Å². The van der Waals surface area contributed by atoms with Gasteiger partial charge in [0.15, 0.2) is 0 Å². The van der Waals surface area contributed by atoms with Gasteiger partial charge in [-0.3, -0.25) is 4.90 Å². The van der Waals surface area contributed by atoms with E-state index in [1.54, 1.807) is 0 Å². The van der Waals surface area contributed by atoms with Gasteiger partial charge in [0, 0.05) is 47.1 Å². The van der Waals surface area contributed by atoms with Crippen molar-refractivity contribution in [2.45, 2.75) is 19.9 Å². The van der Waals surface area contributed by atoms with Gasteiger partial charge in [-0.25, -0.2) is 0 Å². The summed E-state index contributed by atoms with van der Waals surface area (Å²) in [6, 6.07) is 16.8. The molecule has 0 aliphatic carbocycles. The number of aromatic nitrogens is 1. The van der Waals surface area contributed by atoms with Crippen molar-refractivity contribution in [3.8, 4) is 11.3 Å². The van der Waals surface area contributed by atoms with Crippen LogP contribution in [-0.4, -0.2) is 23.0 Å². The second kappa shape index (κ2) is 5.25. The predicted molar refractivity (Wildman–Crippen MR) is 98.2 cm³/mol. The molecule has 2 aromatic carbocycles. The largest absolute Gasteiger partial charge is 0.456 e. The van der Waals surface area contributed by atoms with Gasteiger partial charge in [0.05, 0.1) is 0 Å². The number of furan rings is 1. The van der Waals surface area contributed by atoms with E-state index in [4.69, 9.17) is 4.42 Å². The average Bonchev–Trinajstić information content (AvgIpc) is 3.22. The van der Waals surface area contributed by atoms with E-state index < -0.39 is 0 Å². The fraction of sp³-hybridized carbons (Fsp3) is 0.238. The molecule has 1 aliphatic rings. The van der Waals surface area contributed by atoms with E-state index >= 15 is 0 Å². The highest BCUT2D eigenvalue weighted by Crippen LogP contribution is 2.37. The first-order valence-corrected chi connectivity index (χ1v) is 8.67. The second-order valence-electron chi connectivity index (χ2n) is 6.58. The van der Waals surface area contributed by atoms with Crippen LogP contribution in [0.25, 0.3) is 33.2 Å². The van der Waals surface area contributed by atoms with Gasteiger partial charge in [-0.2, -0.15) is 0 Å². The molecular weight excluding hydrogens is 296 g/mol. The molecule has 0 unspecified atom stereocenters. The molecule has 4 aromatic rings. The zero-order valence-corrected chi connectivity index (χ0v) is 13.8. The van der Waals surface area contributed by atoms with Crippen LogP contribution in [0.1, 0.15) is 18.2 Å². The fourth-order valence-corrected chi connectivity index (χ4v) is 3.90. The molecule has 0 saturated carbocycles. The minimum Gasteiger partial charge on any atom is -0.456 e. The molecule has 120 valence electrons. The number of H-pyrrole nitrogens is 1. The third-order valence-electron chi connectivity index (χ3n) is 5.22. The van der Waals surface area contributed by atoms with Crippen LogP contribution in [0.2, 0.25) is 0 Å². The van der Waals surface area contributed by atoms with Crippen molar-refractivity contribution in [2.75, 3.05) is 13.1 Å². The Balaban J connectivity index is 1.75. The molecule has 3 nitrogen and oxygen atoms in total. The zero-order chi connectivity index (χ0) is 16.1. The number of likely N-dealkylation sites (N-methyl/N-ethyl adjacent to an activating group) is 1. The summed E-state index contributed by atoms with van der Waals surface area (Å²) in [7, 11) is 0. The molecular formula is C21H20N2O. The van der Waals surface area contributed by atoms with Gasteiger partial charge in [0.1, 0.15) is 11.3 Å². The number of fused-ring (bicyclic) bond motifs is 5. The van der Waals surface area contributed by atoms with Gasteiger partial charge in [-0.15, -0.1) is 0 Å². The van der Waals surface area contributed by atoms with Crippen molar-refractivity contribution in [3.63, 3.8) is 0 Å². The maximum Gasteiger partial charge on any atom is 0.135 e. The quantitative estimate of drug-likeness (QED) is 0.567. The number of aromatic amines is 1. The molecule has 0 radical (unpaired) electrons. The Kier molecular flexibility index (Phi) is 3.03. The van der Waals surface area contributed by atoms with Crippen LogP contribution in [0.5, 0.6) is 0 Å². The zero-order valence-electron chi connectivity index (χ0n) is 13.8. The molecule has 0 atom stereocenters. The van der Waals surface area contributed by atoms with Crippen molar-refractivity contribution in [2.24, 2.45) is 0 Å². The van der Waals surface area contributed by atoms with Crippen LogP contribution in [0, 0.1) is 0 Å². The van der Waals surface area contributed by atoms with Crippen LogP contribution >= 0.6 is 0 Å². The topological polar surface area (TPSA) is 32.2 Å². The lowest BCUT2D eigenvalue weighted by Crippen LogP contribution is -2.29. The second-order valence-corrected chi connectivity index (χ2v) is 6.58. The van der Waals surface area contributed by atoms with E-state index in [2.05, 4.69) is 59.3 Å². The standard InChI is InChI=1S/C21H20N2O/c1-2-23-11-10-17-16(13-23)21-15-12-20(14-6-4-3-5-7-14)24-19(15)9-8-18(21)22-17/h3-9,12,22H,2,10-11,13H2,1H3. The Bertz CT molecular complexity index is 1030. The summed E-state index contributed by atoms with van der Waals surface area (Å²) in [6.45, 7) is 5.50. The molecule has 3 heteroatoms. The normalized spacial score (nSPS) is 15.2. The number of rotatable bonds is 2. The van der Waals surface area contributed by atoms with E-state index in [0.29, 0.717) is 0 Å². The van der Waals surface area contributed by atoms with Gasteiger partial charge in [0.2, 0.25) is 0 Å². The summed E-state index contributed by atoms with van der Waals surface area (Å²) < 4.78 is 6.15. The number of benzene rings is 2. The first-order chi connectivity index (χ1) is 11.8. The van der Waals surface area contributed by atoms with Gasteiger partial charge >= 0.3 is 0 Å². The van der Waals surface area contributed by atoms with Gasteiger partial charge in [-0.1, -0.05) is 37.3 Å². The lowest BCUT2D eigenvalue weighted by Gasteiger charge is -2.25. The Morgan fingerprint density at radius 3 is 2.83 bits per heavy atom. The van der Waals surface area contributed by atoms with E-state index in [9.17, 15) is 0 Å². The summed E-state index contributed by atoms with van der Waals surface area (Å²) in [5, 5.41) is 2.56. The molecule has 1 N–H and O–H groups in total. The summed E-state index contributed by atoms with van der Waals surface area (Å²) in [6.07, 6.45) is 1.10. The Morgan fingerprint density at radius 1 is 1.12 bits per heavy atom. The molecule has 0 spiro atoms. The molecule has 3 heterocycles.